The minimum absolute atomic E-state index is 0.159. The highest BCUT2D eigenvalue weighted by Crippen LogP contribution is 2.37. The first-order valence-corrected chi connectivity index (χ1v) is 23.0. The van der Waals surface area contributed by atoms with Crippen LogP contribution in [0.3, 0.4) is 0 Å². The lowest BCUT2D eigenvalue weighted by molar-refractivity contribution is -0.139. The van der Waals surface area contributed by atoms with Gasteiger partial charge < -0.3 is 52.5 Å². The van der Waals surface area contributed by atoms with Crippen LogP contribution < -0.4 is 33.2 Å². The van der Waals surface area contributed by atoms with E-state index in [0.29, 0.717) is 119 Å². The van der Waals surface area contributed by atoms with Gasteiger partial charge in [-0.25, -0.2) is 17.9 Å². The Morgan fingerprint density at radius 1 is 0.600 bits per heavy atom. The summed E-state index contributed by atoms with van der Waals surface area (Å²) in [5.74, 6) is -2.57. The highest BCUT2D eigenvalue weighted by Gasteiger charge is 2.34. The van der Waals surface area contributed by atoms with Crippen LogP contribution in [0.2, 0.25) is 0 Å². The van der Waals surface area contributed by atoms with Gasteiger partial charge in [0.1, 0.15) is 23.3 Å². The summed E-state index contributed by atoms with van der Waals surface area (Å²) in [4.78, 5) is 36.8. The molecule has 0 bridgehead atoms. The van der Waals surface area contributed by atoms with Crippen LogP contribution in [0.4, 0.5) is 47.7 Å². The molecule has 0 radical (unpaired) electrons. The summed E-state index contributed by atoms with van der Waals surface area (Å²) in [6.07, 6.45) is 3.84. The molecule has 3 aromatic carbocycles. The number of nitrogens with zero attached hydrogens (tertiary/aromatic N) is 5. The van der Waals surface area contributed by atoms with E-state index in [1.165, 1.54) is 45.8 Å². The van der Waals surface area contributed by atoms with Crippen LogP contribution >= 0.6 is 0 Å². The number of anilines is 6. The number of fused-ring (bicyclic) bond motifs is 6. The number of rotatable bonds is 3. The predicted molar refractivity (Wildman–Crippen MR) is 252 cm³/mol. The quantitative estimate of drug-likeness (QED) is 0.106. The number of aromatic nitrogens is 6. The van der Waals surface area contributed by atoms with E-state index in [4.69, 9.17) is 36.5 Å². The molecule has 368 valence electrons. The van der Waals surface area contributed by atoms with Gasteiger partial charge >= 0.3 is 5.97 Å². The molecule has 6 aliphatic heterocycles. The number of carboxylic acid groups (broad SMARTS) is 1. The van der Waals surface area contributed by atoms with Crippen LogP contribution in [0.1, 0.15) is 97.1 Å². The van der Waals surface area contributed by atoms with E-state index in [0.717, 1.165) is 63.9 Å². The molecule has 0 saturated heterocycles. The van der Waals surface area contributed by atoms with E-state index in [1.54, 1.807) is 18.2 Å². The van der Waals surface area contributed by atoms with E-state index >= 15 is 0 Å². The third-order valence-corrected chi connectivity index (χ3v) is 13.1. The number of carboxylic acids is 1. The predicted octanol–water partition coefficient (Wildman–Crippen LogP) is 5.71. The molecule has 6 aromatic rings. The van der Waals surface area contributed by atoms with Gasteiger partial charge in [-0.05, 0) is 90.6 Å². The molecule has 0 amide bonds. The number of nitrogens with two attached hydrogens (primary N) is 3. The summed E-state index contributed by atoms with van der Waals surface area (Å²) in [6.45, 7) is 5.21. The maximum absolute atomic E-state index is 13.6. The zero-order chi connectivity index (χ0) is 49.1. The summed E-state index contributed by atoms with van der Waals surface area (Å²) >= 11 is 0. The van der Waals surface area contributed by atoms with Gasteiger partial charge in [-0.2, -0.15) is 14.9 Å². The van der Waals surface area contributed by atoms with E-state index in [-0.39, 0.29) is 23.4 Å². The average molecular weight is 967 g/mol. The monoisotopic (exact) mass is 966 g/mol. The lowest BCUT2D eigenvalue weighted by Gasteiger charge is -2.26. The lowest BCUT2D eigenvalue weighted by atomic mass is 9.90. The number of H-pyrrole nitrogens is 1. The Labute approximate surface area is 399 Å². The maximum Gasteiger partial charge on any atom is 0.311 e. The zero-order valence-electron chi connectivity index (χ0n) is 38.0. The normalized spacial score (nSPS) is 19.2. The number of aromatic amines is 1. The van der Waals surface area contributed by atoms with Crippen molar-refractivity contribution < 1.29 is 46.9 Å². The summed E-state index contributed by atoms with van der Waals surface area (Å²) in [5.41, 5.74) is 27.1. The number of nitrogens with one attached hydrogen (secondary N) is 4. The molecule has 3 unspecified atom stereocenters. The number of carbonyl (C=O) groups is 3. The number of hydrogen-bond acceptors (Lipinski definition) is 15. The average Bonchev–Trinajstić information content (AvgIpc) is 4.05. The first-order chi connectivity index (χ1) is 33.9. The standard InChI is InChI=1S/2C16H17FN4O2.C10H10FNO2.C6H9N3O/c17-9-1-2-13-11(7-9)10(3-5-19-13)16(22)21-14-4-6-23-8-12(14)15(18)20-21;17-9-1-2-13-11(7-9)10(3-5-19-13)16(22)21-15(18)12-8-23-6-4-14(12)20-21;11-6-1-2-9-8(5-6)7(10(13)14)3-4-12-9;7-6-4-3-10-2-1-5(4)8-9-6/h1-2,7,10,19H,3-6,8H2,(H2,18,20);1-2,7,10,19H,3-6,8,18H2;1-2,5,7,12H,3-4H2,(H,13,14);1-3H2,(H3,7,8,9). The van der Waals surface area contributed by atoms with Gasteiger partial charge in [0.05, 0.1) is 68.8 Å². The molecule has 0 fully saturated rings. The highest BCUT2D eigenvalue weighted by molar-refractivity contribution is 5.90. The highest BCUT2D eigenvalue weighted by atomic mass is 19.1. The van der Waals surface area contributed by atoms with Gasteiger partial charge in [0.2, 0.25) is 0 Å². The summed E-state index contributed by atoms with van der Waals surface area (Å²) in [7, 11) is 0. The molecule has 22 heteroatoms. The molecule has 0 aliphatic carbocycles. The molecule has 70 heavy (non-hydrogen) atoms. The summed E-state index contributed by atoms with van der Waals surface area (Å²) in [6, 6.07) is 13.1. The fourth-order valence-electron chi connectivity index (χ4n) is 9.49. The van der Waals surface area contributed by atoms with Gasteiger partial charge in [0, 0.05) is 78.3 Å². The Hall–Kier alpha value is -7.43. The number of aliphatic carboxylic acids is 1. The topological polar surface area (TPSA) is 278 Å². The van der Waals surface area contributed by atoms with Crippen molar-refractivity contribution in [2.75, 3.05) is 72.6 Å². The minimum atomic E-state index is -0.890. The lowest BCUT2D eigenvalue weighted by Crippen LogP contribution is -2.29. The minimum Gasteiger partial charge on any atom is -0.481 e. The second-order valence-electron chi connectivity index (χ2n) is 17.4. The number of ether oxygens (including phenoxy) is 3. The van der Waals surface area contributed by atoms with E-state index in [2.05, 4.69) is 36.3 Å². The van der Waals surface area contributed by atoms with Crippen LogP contribution in [-0.2, 0) is 58.1 Å². The van der Waals surface area contributed by atoms with Crippen molar-refractivity contribution in [3.8, 4) is 0 Å². The van der Waals surface area contributed by atoms with Crippen LogP contribution in [-0.4, -0.2) is 92.1 Å². The van der Waals surface area contributed by atoms with E-state index in [9.17, 15) is 27.6 Å². The number of nitrogen functional groups attached to an aromatic ring is 3. The molecule has 12 rings (SSSR count). The number of halogens is 3. The third-order valence-electron chi connectivity index (χ3n) is 13.1. The summed E-state index contributed by atoms with van der Waals surface area (Å²) in [5, 5.41) is 33.7. The first kappa shape index (κ1) is 47.6. The fourth-order valence-corrected chi connectivity index (χ4v) is 9.49. The van der Waals surface area contributed by atoms with Gasteiger partial charge in [-0.1, -0.05) is 0 Å². The molecule has 11 N–H and O–H groups in total. The molecule has 0 spiro atoms. The molecular weight excluding hydrogens is 914 g/mol. The maximum atomic E-state index is 13.6. The second-order valence-corrected chi connectivity index (χ2v) is 17.4. The number of hydrogen-bond donors (Lipinski definition) is 8. The Bertz CT molecular complexity index is 2940. The SMILES string of the molecule is Nc1c2c(nn1C(=O)C1CCNc3ccc(F)cc31)CCOC2.Nc1n[nH]c2c1COCC2.Nc1nn(C(=O)C2CCNc3ccc(F)cc32)c2c1COCC2.O=C(O)C1CCNc2ccc(F)cc21. The van der Waals surface area contributed by atoms with Crippen molar-refractivity contribution in [2.45, 2.75) is 76.1 Å². The number of benzene rings is 3. The van der Waals surface area contributed by atoms with Crippen LogP contribution in [0.25, 0.3) is 0 Å². The van der Waals surface area contributed by atoms with Crippen LogP contribution in [0.5, 0.6) is 0 Å². The largest absolute Gasteiger partial charge is 0.481 e. The van der Waals surface area contributed by atoms with Crippen molar-refractivity contribution >= 4 is 52.3 Å². The van der Waals surface area contributed by atoms with Crippen LogP contribution in [0, 0.1) is 17.5 Å². The molecular formula is C48H53F3N12O7. The third kappa shape index (κ3) is 9.87. The van der Waals surface area contributed by atoms with Crippen molar-refractivity contribution in [3.63, 3.8) is 0 Å². The summed E-state index contributed by atoms with van der Waals surface area (Å²) < 4.78 is 58.7. The molecule has 3 aromatic heterocycles. The van der Waals surface area contributed by atoms with Crippen molar-refractivity contribution in [3.05, 3.63) is 123 Å². The van der Waals surface area contributed by atoms with Gasteiger partial charge in [0.15, 0.2) is 11.6 Å². The second kappa shape index (κ2) is 20.7. The van der Waals surface area contributed by atoms with E-state index in [1.807, 2.05) is 0 Å². The Balaban J connectivity index is 0.000000121. The van der Waals surface area contributed by atoms with Crippen molar-refractivity contribution in [1.82, 2.24) is 29.8 Å². The Kier molecular flexibility index (Phi) is 14.1. The number of carbonyl (C=O) groups excluding carboxylic acids is 2. The zero-order valence-corrected chi connectivity index (χ0v) is 38.0. The Morgan fingerprint density at radius 2 is 1.09 bits per heavy atom. The molecule has 9 heterocycles. The van der Waals surface area contributed by atoms with Gasteiger partial charge in [-0.15, -0.1) is 5.10 Å². The van der Waals surface area contributed by atoms with Gasteiger partial charge in [-0.3, -0.25) is 19.5 Å². The smallest absolute Gasteiger partial charge is 0.311 e. The van der Waals surface area contributed by atoms with Crippen molar-refractivity contribution in [1.29, 1.82) is 0 Å². The van der Waals surface area contributed by atoms with Crippen LogP contribution in [0.15, 0.2) is 54.6 Å². The Morgan fingerprint density at radius 3 is 1.63 bits per heavy atom. The molecule has 0 saturated carbocycles. The fraction of sp³-hybridized carbons (Fsp3) is 0.375. The van der Waals surface area contributed by atoms with Gasteiger partial charge in [0.25, 0.3) is 11.8 Å². The van der Waals surface area contributed by atoms with E-state index < -0.39 is 29.5 Å². The molecule has 19 nitrogen and oxygen atoms in total. The molecule has 3 atom stereocenters. The van der Waals surface area contributed by atoms with Crippen molar-refractivity contribution in [2.24, 2.45) is 0 Å². The molecule has 6 aliphatic rings. The first-order valence-electron chi connectivity index (χ1n) is 23.0.